The van der Waals surface area contributed by atoms with E-state index in [1.807, 2.05) is 44.3 Å². The molecule has 3 heteroatoms. The SMILES string of the molecule is C=Cc1ccc(C(=C/C)/C(C)=N\c2ccc[nH]2)[nH]1. The maximum absolute atomic E-state index is 4.55. The highest BCUT2D eigenvalue weighted by molar-refractivity contribution is 6.22. The third kappa shape index (κ3) is 2.51. The quantitative estimate of drug-likeness (QED) is 0.752. The lowest BCUT2D eigenvalue weighted by Gasteiger charge is -2.04. The zero-order chi connectivity index (χ0) is 13.0. The number of hydrogen-bond acceptors (Lipinski definition) is 1. The van der Waals surface area contributed by atoms with Crippen LogP contribution in [0.1, 0.15) is 25.2 Å². The second-order valence-corrected chi connectivity index (χ2v) is 3.99. The molecule has 0 spiro atoms. The molecule has 0 radical (unpaired) electrons. The summed E-state index contributed by atoms with van der Waals surface area (Å²) in [5.74, 6) is 0.863. The Morgan fingerprint density at radius 2 is 2.17 bits per heavy atom. The Morgan fingerprint density at radius 1 is 1.33 bits per heavy atom. The van der Waals surface area contributed by atoms with E-state index in [1.54, 1.807) is 6.08 Å². The van der Waals surface area contributed by atoms with Crippen LogP contribution < -0.4 is 0 Å². The van der Waals surface area contributed by atoms with Crippen LogP contribution in [0.2, 0.25) is 0 Å². The summed E-state index contributed by atoms with van der Waals surface area (Å²) in [5, 5.41) is 0. The molecule has 0 aromatic carbocycles. The van der Waals surface area contributed by atoms with Gasteiger partial charge in [-0.25, -0.2) is 4.99 Å². The number of hydrogen-bond donors (Lipinski definition) is 2. The normalized spacial score (nSPS) is 12.8. The summed E-state index contributed by atoms with van der Waals surface area (Å²) >= 11 is 0. The molecule has 0 fully saturated rings. The fourth-order valence-corrected chi connectivity index (χ4v) is 1.88. The summed E-state index contributed by atoms with van der Waals surface area (Å²) in [6.45, 7) is 7.77. The van der Waals surface area contributed by atoms with Crippen molar-refractivity contribution >= 4 is 23.2 Å². The number of aromatic nitrogens is 2. The topological polar surface area (TPSA) is 43.9 Å². The van der Waals surface area contributed by atoms with E-state index < -0.39 is 0 Å². The maximum atomic E-state index is 4.55. The summed E-state index contributed by atoms with van der Waals surface area (Å²) in [7, 11) is 0. The number of aliphatic imine (C=N–C) groups is 1. The molecule has 3 nitrogen and oxygen atoms in total. The standard InChI is InChI=1S/C15H17N3/c1-4-12-8-9-14(18-12)13(5-2)11(3)17-15-7-6-10-16-15/h4-10,16,18H,1H2,2-3H3/b13-5+,17-11-. The minimum atomic E-state index is 0.863. The second-order valence-electron chi connectivity index (χ2n) is 3.99. The predicted molar refractivity (Wildman–Crippen MR) is 78.1 cm³/mol. The third-order valence-electron chi connectivity index (χ3n) is 2.77. The third-order valence-corrected chi connectivity index (χ3v) is 2.77. The summed E-state index contributed by atoms with van der Waals surface area (Å²) in [6, 6.07) is 7.93. The second kappa shape index (κ2) is 5.36. The van der Waals surface area contributed by atoms with Crippen molar-refractivity contribution in [2.75, 3.05) is 0 Å². The molecule has 2 aromatic heterocycles. The van der Waals surface area contributed by atoms with E-state index in [9.17, 15) is 0 Å². The smallest absolute Gasteiger partial charge is 0.130 e. The van der Waals surface area contributed by atoms with E-state index in [-0.39, 0.29) is 0 Å². The van der Waals surface area contributed by atoms with E-state index >= 15 is 0 Å². The Bertz CT molecular complexity index is 583. The van der Waals surface area contributed by atoms with Crippen molar-refractivity contribution in [3.63, 3.8) is 0 Å². The summed E-state index contributed by atoms with van der Waals surface area (Å²) in [4.78, 5) is 10.9. The van der Waals surface area contributed by atoms with Crippen molar-refractivity contribution < 1.29 is 0 Å². The van der Waals surface area contributed by atoms with Crippen LogP contribution in [0, 0.1) is 0 Å². The Morgan fingerprint density at radius 3 is 2.72 bits per heavy atom. The number of nitrogens with zero attached hydrogens (tertiary/aromatic N) is 1. The molecule has 92 valence electrons. The summed E-state index contributed by atoms with van der Waals surface area (Å²) in [6.07, 6.45) is 5.72. The van der Waals surface area contributed by atoms with Crippen LogP contribution in [0.5, 0.6) is 0 Å². The van der Waals surface area contributed by atoms with Crippen molar-refractivity contribution in [1.29, 1.82) is 0 Å². The first-order chi connectivity index (χ1) is 8.74. The fourth-order valence-electron chi connectivity index (χ4n) is 1.88. The van der Waals surface area contributed by atoms with Gasteiger partial charge in [0, 0.05) is 28.9 Å². The average Bonchev–Trinajstić information content (AvgIpc) is 3.01. The van der Waals surface area contributed by atoms with Gasteiger partial charge in [0.15, 0.2) is 0 Å². The van der Waals surface area contributed by atoms with E-state index in [0.29, 0.717) is 0 Å². The Kier molecular flexibility index (Phi) is 3.63. The van der Waals surface area contributed by atoms with Gasteiger partial charge in [0.1, 0.15) is 5.82 Å². The number of aromatic amines is 2. The molecule has 2 rings (SSSR count). The number of rotatable bonds is 4. The lowest BCUT2D eigenvalue weighted by molar-refractivity contribution is 1.31. The van der Waals surface area contributed by atoms with Crippen LogP contribution in [0.15, 0.2) is 48.1 Å². The fraction of sp³-hybridized carbons (Fsp3) is 0.133. The minimum absolute atomic E-state index is 0.863. The molecule has 0 amide bonds. The average molecular weight is 239 g/mol. The molecule has 0 saturated heterocycles. The molecule has 18 heavy (non-hydrogen) atoms. The van der Waals surface area contributed by atoms with E-state index in [1.165, 1.54) is 0 Å². The van der Waals surface area contributed by atoms with Gasteiger partial charge in [-0.3, -0.25) is 0 Å². The molecule has 0 unspecified atom stereocenters. The largest absolute Gasteiger partial charge is 0.355 e. The minimum Gasteiger partial charge on any atom is -0.355 e. The Hall–Kier alpha value is -2.29. The van der Waals surface area contributed by atoms with Crippen molar-refractivity contribution in [3.8, 4) is 0 Å². The zero-order valence-corrected chi connectivity index (χ0v) is 10.7. The number of H-pyrrole nitrogens is 2. The predicted octanol–water partition coefficient (Wildman–Crippen LogP) is 4.18. The lowest BCUT2D eigenvalue weighted by Crippen LogP contribution is -1.97. The first kappa shape index (κ1) is 12.2. The van der Waals surface area contributed by atoms with Gasteiger partial charge in [-0.15, -0.1) is 0 Å². The van der Waals surface area contributed by atoms with Gasteiger partial charge in [0.2, 0.25) is 0 Å². The molecule has 0 aliphatic carbocycles. The first-order valence-corrected chi connectivity index (χ1v) is 5.91. The zero-order valence-electron chi connectivity index (χ0n) is 10.7. The van der Waals surface area contributed by atoms with Crippen LogP contribution in [0.25, 0.3) is 11.6 Å². The highest BCUT2D eigenvalue weighted by Crippen LogP contribution is 2.19. The van der Waals surface area contributed by atoms with Gasteiger partial charge in [-0.05, 0) is 44.2 Å². The number of nitrogens with one attached hydrogen (secondary N) is 2. The van der Waals surface area contributed by atoms with Crippen LogP contribution in [0.3, 0.4) is 0 Å². The van der Waals surface area contributed by atoms with E-state index in [2.05, 4.69) is 27.6 Å². The summed E-state index contributed by atoms with van der Waals surface area (Å²) < 4.78 is 0. The molecule has 2 aromatic rings. The van der Waals surface area contributed by atoms with Gasteiger partial charge in [-0.1, -0.05) is 12.7 Å². The maximum Gasteiger partial charge on any atom is 0.130 e. The molecule has 0 atom stereocenters. The van der Waals surface area contributed by atoms with Crippen LogP contribution in [-0.4, -0.2) is 15.7 Å². The molecular formula is C15H17N3. The van der Waals surface area contributed by atoms with Gasteiger partial charge >= 0.3 is 0 Å². The molecule has 0 bridgehead atoms. The van der Waals surface area contributed by atoms with Gasteiger partial charge in [0.05, 0.1) is 0 Å². The number of allylic oxidation sites excluding steroid dienone is 2. The molecule has 0 aliphatic rings. The monoisotopic (exact) mass is 239 g/mol. The Labute approximate surface area is 107 Å². The Balaban J connectivity index is 2.32. The molecular weight excluding hydrogens is 222 g/mol. The van der Waals surface area contributed by atoms with Crippen LogP contribution in [0.4, 0.5) is 5.82 Å². The van der Waals surface area contributed by atoms with Crippen molar-refractivity contribution in [3.05, 3.63) is 54.5 Å². The van der Waals surface area contributed by atoms with Crippen molar-refractivity contribution in [2.45, 2.75) is 13.8 Å². The highest BCUT2D eigenvalue weighted by Gasteiger charge is 2.06. The van der Waals surface area contributed by atoms with Crippen LogP contribution in [-0.2, 0) is 0 Å². The van der Waals surface area contributed by atoms with Gasteiger partial charge < -0.3 is 9.97 Å². The highest BCUT2D eigenvalue weighted by atomic mass is 14.9. The molecule has 2 heterocycles. The molecule has 0 saturated carbocycles. The van der Waals surface area contributed by atoms with E-state index in [0.717, 1.165) is 28.5 Å². The first-order valence-electron chi connectivity index (χ1n) is 5.91. The van der Waals surface area contributed by atoms with Gasteiger partial charge in [0.25, 0.3) is 0 Å². The molecule has 2 N–H and O–H groups in total. The lowest BCUT2D eigenvalue weighted by atomic mass is 10.1. The van der Waals surface area contributed by atoms with Gasteiger partial charge in [-0.2, -0.15) is 0 Å². The van der Waals surface area contributed by atoms with E-state index in [4.69, 9.17) is 0 Å². The summed E-state index contributed by atoms with van der Waals surface area (Å²) in [5.41, 5.74) is 4.13. The molecule has 0 aliphatic heterocycles. The van der Waals surface area contributed by atoms with Crippen molar-refractivity contribution in [2.24, 2.45) is 4.99 Å². The van der Waals surface area contributed by atoms with Crippen LogP contribution >= 0.6 is 0 Å². The van der Waals surface area contributed by atoms with Crippen molar-refractivity contribution in [1.82, 2.24) is 9.97 Å².